The van der Waals surface area contributed by atoms with Crippen molar-refractivity contribution in [3.8, 4) is 5.75 Å². The Labute approximate surface area is 144 Å². The molecule has 1 heterocycles. The van der Waals surface area contributed by atoms with Crippen LogP contribution in [0.5, 0.6) is 5.75 Å². The van der Waals surface area contributed by atoms with Gasteiger partial charge in [0.05, 0.1) is 18.3 Å². The van der Waals surface area contributed by atoms with Gasteiger partial charge in [0.25, 0.3) is 0 Å². The lowest BCUT2D eigenvalue weighted by atomic mass is 10.1. The number of pyridine rings is 1. The standard InChI is InChI=1S/C17H19F3N4O/c1-21-16(23-9-10-25-15-3-2-8-22-12-15)24-11-13-4-6-14(7-5-13)17(18,19)20/h2-8,12H,9-11H2,1H3,(H2,21,23,24). The second-order valence-electron chi connectivity index (χ2n) is 5.08. The van der Waals surface area contributed by atoms with Gasteiger partial charge in [-0.2, -0.15) is 13.2 Å². The summed E-state index contributed by atoms with van der Waals surface area (Å²) in [5, 5.41) is 6.09. The summed E-state index contributed by atoms with van der Waals surface area (Å²) in [6, 6.07) is 8.60. The number of hydrogen-bond acceptors (Lipinski definition) is 3. The molecule has 2 aromatic rings. The van der Waals surface area contributed by atoms with Crippen LogP contribution in [0.4, 0.5) is 13.2 Å². The van der Waals surface area contributed by atoms with Crippen molar-refractivity contribution < 1.29 is 17.9 Å². The summed E-state index contributed by atoms with van der Waals surface area (Å²) in [6.45, 7) is 1.30. The number of benzene rings is 1. The van der Waals surface area contributed by atoms with E-state index in [1.807, 2.05) is 6.07 Å². The highest BCUT2D eigenvalue weighted by Crippen LogP contribution is 2.28. The summed E-state index contributed by atoms with van der Waals surface area (Å²) in [6.07, 6.45) is -1.03. The molecule has 2 rings (SSSR count). The predicted molar refractivity (Wildman–Crippen MR) is 89.4 cm³/mol. The predicted octanol–water partition coefficient (Wildman–Crippen LogP) is 2.84. The van der Waals surface area contributed by atoms with Crippen molar-refractivity contribution >= 4 is 5.96 Å². The van der Waals surface area contributed by atoms with E-state index in [1.54, 1.807) is 25.5 Å². The van der Waals surface area contributed by atoms with E-state index in [4.69, 9.17) is 4.74 Å². The zero-order valence-corrected chi connectivity index (χ0v) is 13.7. The van der Waals surface area contributed by atoms with Crippen LogP contribution in [0.15, 0.2) is 53.8 Å². The molecule has 1 aromatic carbocycles. The van der Waals surface area contributed by atoms with E-state index in [2.05, 4.69) is 20.6 Å². The van der Waals surface area contributed by atoms with Gasteiger partial charge in [0.1, 0.15) is 12.4 Å². The largest absolute Gasteiger partial charge is 0.490 e. The molecular formula is C17H19F3N4O. The molecule has 25 heavy (non-hydrogen) atoms. The fourth-order valence-electron chi connectivity index (χ4n) is 1.99. The topological polar surface area (TPSA) is 58.5 Å². The van der Waals surface area contributed by atoms with Crippen LogP contribution in [0.1, 0.15) is 11.1 Å². The first kappa shape index (κ1) is 18.6. The minimum absolute atomic E-state index is 0.362. The van der Waals surface area contributed by atoms with Crippen LogP contribution in [0.25, 0.3) is 0 Å². The Morgan fingerprint density at radius 1 is 1.16 bits per heavy atom. The first-order chi connectivity index (χ1) is 12.0. The number of alkyl halides is 3. The second kappa shape index (κ2) is 8.91. The summed E-state index contributed by atoms with van der Waals surface area (Å²) in [5.74, 6) is 1.21. The van der Waals surface area contributed by atoms with E-state index in [0.29, 0.717) is 31.4 Å². The Morgan fingerprint density at radius 3 is 2.52 bits per heavy atom. The van der Waals surface area contributed by atoms with Gasteiger partial charge in [-0.05, 0) is 29.8 Å². The van der Waals surface area contributed by atoms with Gasteiger partial charge < -0.3 is 15.4 Å². The van der Waals surface area contributed by atoms with E-state index < -0.39 is 11.7 Å². The molecule has 0 radical (unpaired) electrons. The number of hydrogen-bond donors (Lipinski definition) is 2. The number of aliphatic imine (C=N–C) groups is 1. The number of rotatable bonds is 6. The molecule has 134 valence electrons. The smallest absolute Gasteiger partial charge is 0.416 e. The molecule has 1 aromatic heterocycles. The highest BCUT2D eigenvalue weighted by molar-refractivity contribution is 5.79. The summed E-state index contributed by atoms with van der Waals surface area (Å²) in [4.78, 5) is 8.00. The highest BCUT2D eigenvalue weighted by atomic mass is 19.4. The van der Waals surface area contributed by atoms with E-state index >= 15 is 0 Å². The average Bonchev–Trinajstić information content (AvgIpc) is 2.61. The lowest BCUT2D eigenvalue weighted by Gasteiger charge is -2.13. The number of aromatic nitrogens is 1. The summed E-state index contributed by atoms with van der Waals surface area (Å²) in [7, 11) is 1.62. The minimum Gasteiger partial charge on any atom is -0.490 e. The number of guanidine groups is 1. The quantitative estimate of drug-likeness (QED) is 0.477. The van der Waals surface area contributed by atoms with Crippen molar-refractivity contribution in [3.63, 3.8) is 0 Å². The van der Waals surface area contributed by atoms with Gasteiger partial charge >= 0.3 is 6.18 Å². The molecule has 5 nitrogen and oxygen atoms in total. The lowest BCUT2D eigenvalue weighted by Crippen LogP contribution is -2.38. The van der Waals surface area contributed by atoms with E-state index in [-0.39, 0.29) is 0 Å². The van der Waals surface area contributed by atoms with Crippen molar-refractivity contribution in [1.82, 2.24) is 15.6 Å². The van der Waals surface area contributed by atoms with Crippen LogP contribution in [0.2, 0.25) is 0 Å². The molecule has 0 unspecified atom stereocenters. The Morgan fingerprint density at radius 2 is 1.92 bits per heavy atom. The molecule has 8 heteroatoms. The van der Waals surface area contributed by atoms with Crippen LogP contribution in [-0.2, 0) is 12.7 Å². The zero-order chi connectivity index (χ0) is 18.1. The van der Waals surface area contributed by atoms with Crippen molar-refractivity contribution in [3.05, 3.63) is 59.9 Å². The number of ether oxygens (including phenoxy) is 1. The molecular weight excluding hydrogens is 333 g/mol. The Hall–Kier alpha value is -2.77. The molecule has 0 spiro atoms. The Kier molecular flexibility index (Phi) is 6.62. The van der Waals surface area contributed by atoms with Gasteiger partial charge in [-0.25, -0.2) is 0 Å². The van der Waals surface area contributed by atoms with Gasteiger partial charge in [0.15, 0.2) is 5.96 Å². The summed E-state index contributed by atoms with van der Waals surface area (Å²) in [5.41, 5.74) is 0.0638. The normalized spacial score (nSPS) is 11.9. The van der Waals surface area contributed by atoms with Crippen LogP contribution >= 0.6 is 0 Å². The monoisotopic (exact) mass is 352 g/mol. The van der Waals surface area contributed by atoms with Crippen molar-refractivity contribution in [2.75, 3.05) is 20.2 Å². The average molecular weight is 352 g/mol. The van der Waals surface area contributed by atoms with Gasteiger partial charge in [-0.1, -0.05) is 12.1 Å². The van der Waals surface area contributed by atoms with Crippen molar-refractivity contribution in [2.24, 2.45) is 4.99 Å². The molecule has 0 aliphatic carbocycles. The lowest BCUT2D eigenvalue weighted by molar-refractivity contribution is -0.137. The molecule has 0 bridgehead atoms. The first-order valence-electron chi connectivity index (χ1n) is 7.62. The molecule has 2 N–H and O–H groups in total. The minimum atomic E-state index is -4.32. The van der Waals surface area contributed by atoms with Gasteiger partial charge in [0, 0.05) is 19.8 Å². The summed E-state index contributed by atoms with van der Waals surface area (Å²) >= 11 is 0. The second-order valence-corrected chi connectivity index (χ2v) is 5.08. The third kappa shape index (κ3) is 6.33. The third-order valence-electron chi connectivity index (χ3n) is 3.26. The molecule has 0 saturated heterocycles. The third-order valence-corrected chi connectivity index (χ3v) is 3.26. The Balaban J connectivity index is 1.73. The van der Waals surface area contributed by atoms with Gasteiger partial charge in [-0.15, -0.1) is 0 Å². The fourth-order valence-corrected chi connectivity index (χ4v) is 1.99. The van der Waals surface area contributed by atoms with Gasteiger partial charge in [-0.3, -0.25) is 9.98 Å². The summed E-state index contributed by atoms with van der Waals surface area (Å²) < 4.78 is 43.1. The molecule has 0 aliphatic rings. The Bertz CT molecular complexity index is 673. The van der Waals surface area contributed by atoms with Crippen molar-refractivity contribution in [2.45, 2.75) is 12.7 Å². The molecule has 0 fully saturated rings. The molecule has 0 amide bonds. The van der Waals surface area contributed by atoms with E-state index in [9.17, 15) is 13.2 Å². The highest BCUT2D eigenvalue weighted by Gasteiger charge is 2.29. The number of nitrogens with one attached hydrogen (secondary N) is 2. The van der Waals surface area contributed by atoms with Crippen LogP contribution in [0, 0.1) is 0 Å². The maximum atomic E-state index is 12.5. The van der Waals surface area contributed by atoms with Crippen LogP contribution in [-0.4, -0.2) is 31.1 Å². The number of nitrogens with zero attached hydrogens (tertiary/aromatic N) is 2. The van der Waals surface area contributed by atoms with E-state index in [0.717, 1.165) is 17.7 Å². The van der Waals surface area contributed by atoms with Crippen LogP contribution < -0.4 is 15.4 Å². The molecule has 0 saturated carbocycles. The zero-order valence-electron chi connectivity index (χ0n) is 13.7. The SMILES string of the molecule is CN=C(NCCOc1cccnc1)NCc1ccc(C(F)(F)F)cc1. The molecule has 0 atom stereocenters. The van der Waals surface area contributed by atoms with Crippen LogP contribution in [0.3, 0.4) is 0 Å². The first-order valence-corrected chi connectivity index (χ1v) is 7.62. The van der Waals surface area contributed by atoms with Crippen molar-refractivity contribution in [1.29, 1.82) is 0 Å². The fraction of sp³-hybridized carbons (Fsp3) is 0.294. The maximum Gasteiger partial charge on any atom is 0.416 e. The maximum absolute atomic E-state index is 12.5. The van der Waals surface area contributed by atoms with E-state index in [1.165, 1.54) is 12.1 Å². The number of halogens is 3. The molecule has 0 aliphatic heterocycles. The van der Waals surface area contributed by atoms with Gasteiger partial charge in [0.2, 0.25) is 0 Å².